The molecule has 0 spiro atoms. The first-order chi connectivity index (χ1) is 12.3. The van der Waals surface area contributed by atoms with Gasteiger partial charge in [0.05, 0.1) is 6.54 Å². The smallest absolute Gasteiger partial charge is 0.320 e. The van der Waals surface area contributed by atoms with E-state index in [0.29, 0.717) is 13.2 Å². The van der Waals surface area contributed by atoms with Crippen LogP contribution in [0.3, 0.4) is 0 Å². The van der Waals surface area contributed by atoms with E-state index in [-0.39, 0.29) is 5.97 Å². The number of carbonyl (C=O) groups excluding carboxylic acids is 1. The molecule has 25 heavy (non-hydrogen) atoms. The maximum Gasteiger partial charge on any atom is 0.320 e. The fraction of sp³-hybridized carbons (Fsp3) is 0.632. The molecule has 2 aliphatic rings. The van der Waals surface area contributed by atoms with Gasteiger partial charge in [0.2, 0.25) is 0 Å². The van der Waals surface area contributed by atoms with Gasteiger partial charge in [-0.15, -0.1) is 0 Å². The van der Waals surface area contributed by atoms with E-state index in [4.69, 9.17) is 4.74 Å². The first kappa shape index (κ1) is 18.3. The lowest BCUT2D eigenvalue weighted by molar-refractivity contribution is -0.146. The minimum absolute atomic E-state index is 0.127. The van der Waals surface area contributed by atoms with Crippen LogP contribution >= 0.6 is 0 Å². The van der Waals surface area contributed by atoms with Gasteiger partial charge in [0.25, 0.3) is 0 Å². The first-order valence-corrected chi connectivity index (χ1v) is 9.37. The van der Waals surface area contributed by atoms with Crippen LogP contribution in [0.1, 0.15) is 5.56 Å². The molecule has 0 amide bonds. The Labute approximate surface area is 150 Å². The van der Waals surface area contributed by atoms with Gasteiger partial charge in [-0.05, 0) is 5.56 Å². The standard InChI is InChI=1S/C19H30N4O2/c24-19(25-17-18-4-2-1-3-5-18)16-23-14-12-22(13-15-23)11-10-21-8-6-20-7-9-21/h1-5,20H,6-17H2. The van der Waals surface area contributed by atoms with Gasteiger partial charge < -0.3 is 10.1 Å². The normalized spacial score (nSPS) is 20.5. The van der Waals surface area contributed by atoms with Gasteiger partial charge in [-0.1, -0.05) is 30.3 Å². The first-order valence-electron chi connectivity index (χ1n) is 9.37. The van der Waals surface area contributed by atoms with Crippen molar-refractivity contribution in [3.05, 3.63) is 35.9 Å². The summed E-state index contributed by atoms with van der Waals surface area (Å²) in [5.41, 5.74) is 1.04. The molecule has 1 aromatic carbocycles. The fourth-order valence-electron chi connectivity index (χ4n) is 3.35. The summed E-state index contributed by atoms with van der Waals surface area (Å²) < 4.78 is 5.38. The van der Waals surface area contributed by atoms with Gasteiger partial charge in [0, 0.05) is 65.4 Å². The largest absolute Gasteiger partial charge is 0.460 e. The molecule has 0 bridgehead atoms. The third-order valence-electron chi connectivity index (χ3n) is 5.00. The Morgan fingerprint density at radius 2 is 1.48 bits per heavy atom. The minimum atomic E-state index is -0.127. The molecule has 0 aromatic heterocycles. The molecule has 6 nitrogen and oxygen atoms in total. The highest BCUT2D eigenvalue weighted by Crippen LogP contribution is 2.05. The van der Waals surface area contributed by atoms with Crippen LogP contribution in [0.4, 0.5) is 0 Å². The van der Waals surface area contributed by atoms with E-state index < -0.39 is 0 Å². The van der Waals surface area contributed by atoms with Crippen LogP contribution < -0.4 is 5.32 Å². The topological polar surface area (TPSA) is 48.1 Å². The zero-order valence-electron chi connectivity index (χ0n) is 15.0. The van der Waals surface area contributed by atoms with E-state index in [1.54, 1.807) is 0 Å². The number of hydrogen-bond donors (Lipinski definition) is 1. The average Bonchev–Trinajstić information content (AvgIpc) is 2.67. The van der Waals surface area contributed by atoms with Crippen molar-refractivity contribution in [1.29, 1.82) is 0 Å². The Bertz CT molecular complexity index is 511. The van der Waals surface area contributed by atoms with Gasteiger partial charge >= 0.3 is 5.97 Å². The van der Waals surface area contributed by atoms with Crippen LogP contribution in [-0.2, 0) is 16.1 Å². The second-order valence-corrected chi connectivity index (χ2v) is 6.86. The lowest BCUT2D eigenvalue weighted by Gasteiger charge is -2.36. The summed E-state index contributed by atoms with van der Waals surface area (Å²) in [6, 6.07) is 9.84. The zero-order chi connectivity index (χ0) is 17.3. The number of carbonyl (C=O) groups is 1. The molecular formula is C19H30N4O2. The van der Waals surface area contributed by atoms with Crippen molar-refractivity contribution in [2.75, 3.05) is 72.0 Å². The van der Waals surface area contributed by atoms with E-state index in [1.807, 2.05) is 30.3 Å². The Morgan fingerprint density at radius 1 is 0.880 bits per heavy atom. The second kappa shape index (κ2) is 9.87. The molecule has 0 aliphatic carbocycles. The highest BCUT2D eigenvalue weighted by atomic mass is 16.5. The molecule has 0 atom stereocenters. The van der Waals surface area contributed by atoms with E-state index in [1.165, 1.54) is 0 Å². The number of ether oxygens (including phenoxy) is 1. The van der Waals surface area contributed by atoms with Crippen molar-refractivity contribution >= 4 is 5.97 Å². The van der Waals surface area contributed by atoms with Crippen molar-refractivity contribution < 1.29 is 9.53 Å². The van der Waals surface area contributed by atoms with Crippen molar-refractivity contribution in [2.45, 2.75) is 6.61 Å². The Morgan fingerprint density at radius 3 is 2.16 bits per heavy atom. The molecule has 0 radical (unpaired) electrons. The molecule has 6 heteroatoms. The number of hydrogen-bond acceptors (Lipinski definition) is 6. The summed E-state index contributed by atoms with van der Waals surface area (Å²) in [6.45, 7) is 11.6. The lowest BCUT2D eigenvalue weighted by atomic mass is 10.2. The Balaban J connectivity index is 1.28. The van der Waals surface area contributed by atoms with Gasteiger partial charge in [-0.2, -0.15) is 0 Å². The molecule has 138 valence electrons. The maximum atomic E-state index is 12.0. The van der Waals surface area contributed by atoms with E-state index in [2.05, 4.69) is 20.0 Å². The molecule has 0 unspecified atom stereocenters. The number of esters is 1. The van der Waals surface area contributed by atoms with Crippen molar-refractivity contribution in [2.24, 2.45) is 0 Å². The van der Waals surface area contributed by atoms with Crippen molar-refractivity contribution in [3.8, 4) is 0 Å². The average molecular weight is 346 g/mol. The van der Waals surface area contributed by atoms with Crippen LogP contribution in [0.5, 0.6) is 0 Å². The van der Waals surface area contributed by atoms with E-state index in [0.717, 1.165) is 71.0 Å². The van der Waals surface area contributed by atoms with Crippen LogP contribution in [0.25, 0.3) is 0 Å². The number of benzene rings is 1. The fourth-order valence-corrected chi connectivity index (χ4v) is 3.35. The predicted octanol–water partition coefficient (Wildman–Crippen LogP) is 0.253. The summed E-state index contributed by atoms with van der Waals surface area (Å²) in [5, 5.41) is 3.39. The number of rotatable bonds is 7. The molecule has 0 saturated carbocycles. The Kier molecular flexibility index (Phi) is 7.23. The van der Waals surface area contributed by atoms with E-state index in [9.17, 15) is 4.79 Å². The van der Waals surface area contributed by atoms with Crippen LogP contribution in [0, 0.1) is 0 Å². The molecule has 3 rings (SSSR count). The summed E-state index contributed by atoms with van der Waals surface area (Å²) in [4.78, 5) is 19.3. The highest BCUT2D eigenvalue weighted by Gasteiger charge is 2.20. The monoisotopic (exact) mass is 346 g/mol. The van der Waals surface area contributed by atoms with Gasteiger partial charge in [0.1, 0.15) is 6.61 Å². The number of nitrogens with one attached hydrogen (secondary N) is 1. The Hall–Kier alpha value is -1.47. The van der Waals surface area contributed by atoms with Crippen LogP contribution in [0.15, 0.2) is 30.3 Å². The summed E-state index contributed by atoms with van der Waals surface area (Å²) in [5.74, 6) is -0.127. The maximum absolute atomic E-state index is 12.0. The molecule has 1 N–H and O–H groups in total. The van der Waals surface area contributed by atoms with E-state index >= 15 is 0 Å². The predicted molar refractivity (Wildman–Crippen MR) is 98.4 cm³/mol. The molecule has 2 heterocycles. The van der Waals surface area contributed by atoms with Gasteiger partial charge in [-0.25, -0.2) is 0 Å². The molecule has 2 aliphatic heterocycles. The summed E-state index contributed by atoms with van der Waals surface area (Å²) >= 11 is 0. The van der Waals surface area contributed by atoms with Gasteiger partial charge in [-0.3, -0.25) is 19.5 Å². The molecule has 1 aromatic rings. The molecular weight excluding hydrogens is 316 g/mol. The summed E-state index contributed by atoms with van der Waals surface area (Å²) in [7, 11) is 0. The van der Waals surface area contributed by atoms with Crippen LogP contribution in [0.2, 0.25) is 0 Å². The number of piperazine rings is 2. The van der Waals surface area contributed by atoms with Crippen molar-refractivity contribution in [3.63, 3.8) is 0 Å². The molecule has 2 fully saturated rings. The number of nitrogens with zero attached hydrogens (tertiary/aromatic N) is 3. The minimum Gasteiger partial charge on any atom is -0.460 e. The van der Waals surface area contributed by atoms with Crippen molar-refractivity contribution in [1.82, 2.24) is 20.0 Å². The quantitative estimate of drug-likeness (QED) is 0.715. The second-order valence-electron chi connectivity index (χ2n) is 6.86. The van der Waals surface area contributed by atoms with Crippen LogP contribution in [-0.4, -0.2) is 92.7 Å². The van der Waals surface area contributed by atoms with Gasteiger partial charge in [0.15, 0.2) is 0 Å². The highest BCUT2D eigenvalue weighted by molar-refractivity contribution is 5.71. The lowest BCUT2D eigenvalue weighted by Crippen LogP contribution is -2.51. The SMILES string of the molecule is O=C(CN1CCN(CCN2CCNCC2)CC1)OCc1ccccc1. The third kappa shape index (κ3) is 6.40. The third-order valence-corrected chi connectivity index (χ3v) is 5.00. The summed E-state index contributed by atoms with van der Waals surface area (Å²) in [6.07, 6.45) is 0. The zero-order valence-corrected chi connectivity index (χ0v) is 15.0. The molecule has 2 saturated heterocycles.